The van der Waals surface area contributed by atoms with Crippen molar-refractivity contribution < 1.29 is 19.1 Å². The van der Waals surface area contributed by atoms with Crippen molar-refractivity contribution in [2.75, 3.05) is 6.54 Å². The first-order chi connectivity index (χ1) is 14.0. The molecule has 1 aliphatic heterocycles. The first kappa shape index (κ1) is 19.8. The zero-order valence-corrected chi connectivity index (χ0v) is 17.2. The van der Waals surface area contributed by atoms with Crippen molar-refractivity contribution in [2.24, 2.45) is 11.8 Å². The molecule has 1 aromatic carbocycles. The lowest BCUT2D eigenvalue weighted by Gasteiger charge is -2.19. The fraction of sp³-hybridized carbons (Fsp3) is 0.455. The number of aryl methyl sites for hydroxylation is 1. The lowest BCUT2D eigenvalue weighted by Crippen LogP contribution is -2.33. The third kappa shape index (κ3) is 4.24. The van der Waals surface area contributed by atoms with Gasteiger partial charge in [-0.1, -0.05) is 42.7 Å². The van der Waals surface area contributed by atoms with Crippen LogP contribution in [-0.4, -0.2) is 34.2 Å². The molecule has 2 heterocycles. The number of hydrogen-bond donors (Lipinski definition) is 0. The van der Waals surface area contributed by atoms with Gasteiger partial charge in [-0.3, -0.25) is 19.3 Å². The molecule has 152 valence electrons. The predicted octanol–water partition coefficient (Wildman–Crippen LogP) is 3.73. The summed E-state index contributed by atoms with van der Waals surface area (Å²) in [5.74, 6) is -1.01. The Bertz CT molecular complexity index is 897. The highest BCUT2D eigenvalue weighted by Crippen LogP contribution is 2.38. The van der Waals surface area contributed by atoms with Crippen molar-refractivity contribution in [1.82, 2.24) is 9.88 Å². The maximum absolute atomic E-state index is 12.4. The molecule has 0 bridgehead atoms. The molecule has 0 radical (unpaired) electrons. The minimum Gasteiger partial charge on any atom is -0.459 e. The molecular weight excluding hydrogens is 388 g/mol. The smallest absolute Gasteiger partial charge is 0.307 e. The third-order valence-corrected chi connectivity index (χ3v) is 6.64. The quantitative estimate of drug-likeness (QED) is 0.534. The van der Waals surface area contributed by atoms with Gasteiger partial charge in [0.1, 0.15) is 11.6 Å². The summed E-state index contributed by atoms with van der Waals surface area (Å²) < 4.78 is 5.30. The van der Waals surface area contributed by atoms with Crippen molar-refractivity contribution >= 4 is 29.1 Å². The Balaban J connectivity index is 1.27. The zero-order chi connectivity index (χ0) is 20.4. The number of rotatable bonds is 6. The van der Waals surface area contributed by atoms with Gasteiger partial charge in [-0.2, -0.15) is 0 Å². The molecule has 2 fully saturated rings. The average Bonchev–Trinajstić information content (AvgIpc) is 3.30. The Morgan fingerprint density at radius 2 is 1.79 bits per heavy atom. The lowest BCUT2D eigenvalue weighted by molar-refractivity contribution is -0.146. The van der Waals surface area contributed by atoms with E-state index in [2.05, 4.69) is 4.98 Å². The van der Waals surface area contributed by atoms with Crippen LogP contribution in [0.2, 0.25) is 0 Å². The zero-order valence-electron chi connectivity index (χ0n) is 16.4. The van der Waals surface area contributed by atoms with Gasteiger partial charge in [-0.05, 0) is 19.8 Å². The summed E-state index contributed by atoms with van der Waals surface area (Å²) in [6, 6.07) is 8.11. The molecule has 0 unspecified atom stereocenters. The van der Waals surface area contributed by atoms with E-state index in [0.717, 1.165) is 36.3 Å². The molecule has 1 aromatic heterocycles. The minimum absolute atomic E-state index is 0.0197. The van der Waals surface area contributed by atoms with Crippen LogP contribution in [0.5, 0.6) is 0 Å². The van der Waals surface area contributed by atoms with E-state index >= 15 is 0 Å². The highest BCUT2D eigenvalue weighted by molar-refractivity contribution is 7.13. The van der Waals surface area contributed by atoms with Gasteiger partial charge in [0.2, 0.25) is 11.8 Å². The number of amides is 2. The molecule has 7 heteroatoms. The second kappa shape index (κ2) is 8.45. The van der Waals surface area contributed by atoms with Crippen LogP contribution in [-0.2, 0) is 25.7 Å². The topological polar surface area (TPSA) is 76.6 Å². The average molecular weight is 413 g/mol. The Kier molecular flexibility index (Phi) is 5.76. The van der Waals surface area contributed by atoms with Crippen molar-refractivity contribution in [1.29, 1.82) is 0 Å². The van der Waals surface area contributed by atoms with Crippen LogP contribution in [0.15, 0.2) is 29.6 Å². The highest BCUT2D eigenvalue weighted by atomic mass is 32.1. The molecule has 2 atom stereocenters. The van der Waals surface area contributed by atoms with Gasteiger partial charge < -0.3 is 4.74 Å². The summed E-state index contributed by atoms with van der Waals surface area (Å²) in [6.45, 7) is 2.23. The molecule has 0 spiro atoms. The summed E-state index contributed by atoms with van der Waals surface area (Å²) in [4.78, 5) is 42.8. The molecule has 4 rings (SSSR count). The Hall–Kier alpha value is -2.54. The first-order valence-corrected chi connectivity index (χ1v) is 10.9. The Labute approximate surface area is 173 Å². The molecule has 1 saturated heterocycles. The molecule has 1 saturated carbocycles. The maximum atomic E-state index is 12.4. The number of carbonyl (C=O) groups is 3. The second-order valence-electron chi connectivity index (χ2n) is 7.75. The van der Waals surface area contributed by atoms with E-state index in [9.17, 15) is 14.4 Å². The van der Waals surface area contributed by atoms with Crippen LogP contribution in [0, 0.1) is 18.8 Å². The number of carbonyl (C=O) groups excluding carboxylic acids is 3. The van der Waals surface area contributed by atoms with Crippen molar-refractivity contribution in [3.63, 3.8) is 0 Å². The fourth-order valence-corrected chi connectivity index (χ4v) is 4.89. The molecule has 2 aliphatic rings. The molecule has 29 heavy (non-hydrogen) atoms. The fourth-order valence-electron chi connectivity index (χ4n) is 4.08. The molecule has 1 aliphatic carbocycles. The number of esters is 1. The number of aromatic nitrogens is 1. The molecule has 6 nitrogen and oxygen atoms in total. The van der Waals surface area contributed by atoms with Crippen LogP contribution < -0.4 is 0 Å². The van der Waals surface area contributed by atoms with Crippen LogP contribution in [0.3, 0.4) is 0 Å². The second-order valence-corrected chi connectivity index (χ2v) is 8.60. The predicted molar refractivity (Wildman–Crippen MR) is 109 cm³/mol. The largest absolute Gasteiger partial charge is 0.459 e. The van der Waals surface area contributed by atoms with E-state index in [0.29, 0.717) is 5.69 Å². The van der Waals surface area contributed by atoms with Gasteiger partial charge in [0, 0.05) is 17.5 Å². The number of nitrogens with zero attached hydrogens (tertiary/aromatic N) is 2. The lowest BCUT2D eigenvalue weighted by atomic mass is 9.81. The number of fused-ring (bicyclic) bond motifs is 1. The summed E-state index contributed by atoms with van der Waals surface area (Å²) in [7, 11) is 0. The van der Waals surface area contributed by atoms with Gasteiger partial charge in [0.05, 0.1) is 24.0 Å². The van der Waals surface area contributed by atoms with E-state index in [1.54, 1.807) is 0 Å². The van der Waals surface area contributed by atoms with Gasteiger partial charge in [0.25, 0.3) is 0 Å². The van der Waals surface area contributed by atoms with E-state index in [4.69, 9.17) is 4.74 Å². The number of hydrogen-bond acceptors (Lipinski definition) is 6. The third-order valence-electron chi connectivity index (χ3n) is 5.70. The maximum Gasteiger partial charge on any atom is 0.307 e. The van der Waals surface area contributed by atoms with Crippen LogP contribution >= 0.6 is 11.3 Å². The van der Waals surface area contributed by atoms with Crippen LogP contribution in [0.4, 0.5) is 0 Å². The number of likely N-dealkylation sites (tertiary alicyclic amines) is 1. The van der Waals surface area contributed by atoms with Crippen LogP contribution in [0.1, 0.15) is 43.4 Å². The van der Waals surface area contributed by atoms with E-state index in [1.165, 1.54) is 21.8 Å². The summed E-state index contributed by atoms with van der Waals surface area (Å²) in [5, 5.41) is 2.76. The number of benzene rings is 1. The summed E-state index contributed by atoms with van der Waals surface area (Å²) in [6.07, 6.45) is 3.57. The Morgan fingerprint density at radius 3 is 2.45 bits per heavy atom. The molecule has 0 N–H and O–H groups in total. The first-order valence-electron chi connectivity index (χ1n) is 10.0. The number of imide groups is 1. The minimum atomic E-state index is -0.426. The SMILES string of the molecule is Cc1ccc(-c2nc(COC(=O)CCN3C(=O)[C@H]4CCCC[C@H]4C3=O)cs2)cc1. The standard InChI is InChI=1S/C22H24N2O4S/c1-14-6-8-15(9-7-14)20-23-16(13-29-20)12-28-19(25)10-11-24-21(26)17-4-2-3-5-18(17)22(24)27/h6-9,13,17-18H,2-5,10-12H2,1H3/t17-,18+. The highest BCUT2D eigenvalue weighted by Gasteiger charge is 2.47. The molecular formula is C22H24N2O4S. The Morgan fingerprint density at radius 1 is 1.14 bits per heavy atom. The number of ether oxygens (including phenoxy) is 1. The summed E-state index contributed by atoms with van der Waals surface area (Å²) >= 11 is 1.51. The van der Waals surface area contributed by atoms with Crippen molar-refractivity contribution in [3.8, 4) is 10.6 Å². The monoisotopic (exact) mass is 412 g/mol. The van der Waals surface area contributed by atoms with Crippen molar-refractivity contribution in [3.05, 3.63) is 40.9 Å². The van der Waals surface area contributed by atoms with Gasteiger partial charge in [0.15, 0.2) is 0 Å². The molecule has 2 aromatic rings. The molecule has 2 amide bonds. The van der Waals surface area contributed by atoms with Crippen molar-refractivity contribution in [2.45, 2.75) is 45.6 Å². The summed E-state index contributed by atoms with van der Waals surface area (Å²) in [5.41, 5.74) is 2.91. The van der Waals surface area contributed by atoms with Gasteiger partial charge >= 0.3 is 5.97 Å². The normalized spacial score (nSPS) is 21.3. The van der Waals surface area contributed by atoms with Crippen LogP contribution in [0.25, 0.3) is 10.6 Å². The van der Waals surface area contributed by atoms with Gasteiger partial charge in [-0.15, -0.1) is 11.3 Å². The van der Waals surface area contributed by atoms with Gasteiger partial charge in [-0.25, -0.2) is 4.98 Å². The van der Waals surface area contributed by atoms with E-state index < -0.39 is 5.97 Å². The van der Waals surface area contributed by atoms with E-state index in [1.807, 2.05) is 36.6 Å². The van der Waals surface area contributed by atoms with E-state index in [-0.39, 0.29) is 43.2 Å². The number of thiazole rings is 1.